The van der Waals surface area contributed by atoms with E-state index in [1.165, 1.54) is 47.2 Å². The van der Waals surface area contributed by atoms with Crippen LogP contribution in [0.4, 0.5) is 28.0 Å². The second-order valence-corrected chi connectivity index (χ2v) is 9.85. The molecule has 2 aromatic heterocycles. The zero-order chi connectivity index (χ0) is 26.0. The molecule has 3 heterocycles. The largest absolute Gasteiger partial charge is 0.393 e. The van der Waals surface area contributed by atoms with Gasteiger partial charge in [0.15, 0.2) is 0 Å². The molecular weight excluding hydrogens is 524 g/mol. The Morgan fingerprint density at radius 1 is 1.11 bits per heavy atom. The van der Waals surface area contributed by atoms with E-state index in [0.717, 1.165) is 22.3 Å². The van der Waals surface area contributed by atoms with Crippen molar-refractivity contribution in [1.29, 1.82) is 0 Å². The molecule has 1 aliphatic heterocycles. The summed E-state index contributed by atoms with van der Waals surface area (Å²) in [6.45, 7) is -1.24. The number of nitrogens with zero attached hydrogens (tertiary/aromatic N) is 2. The first-order valence-corrected chi connectivity index (χ1v) is 11.9. The number of aromatic nitrogens is 1. The average Bonchev–Trinajstić information content (AvgIpc) is 3.46. The molecule has 0 saturated carbocycles. The summed E-state index contributed by atoms with van der Waals surface area (Å²) in [5.74, 6) is -4.38. The van der Waals surface area contributed by atoms with E-state index in [0.29, 0.717) is 4.34 Å². The average molecular weight is 543 g/mol. The van der Waals surface area contributed by atoms with Gasteiger partial charge in [-0.05, 0) is 30.3 Å². The van der Waals surface area contributed by atoms with Gasteiger partial charge in [0.2, 0.25) is 0 Å². The van der Waals surface area contributed by atoms with Gasteiger partial charge < -0.3 is 15.5 Å². The van der Waals surface area contributed by atoms with Crippen LogP contribution < -0.4 is 16.2 Å². The molecule has 0 aliphatic carbocycles. The Hall–Kier alpha value is -3.38. The summed E-state index contributed by atoms with van der Waals surface area (Å²) in [5.41, 5.74) is -0.413. The molecule has 2 atom stereocenters. The Bertz CT molecular complexity index is 1340. The number of pyridine rings is 1. The first-order chi connectivity index (χ1) is 17.0. The third-order valence-electron chi connectivity index (χ3n) is 5.77. The van der Waals surface area contributed by atoms with Crippen LogP contribution in [0.5, 0.6) is 0 Å². The van der Waals surface area contributed by atoms with E-state index in [4.69, 9.17) is 11.6 Å². The fourth-order valence-corrected chi connectivity index (χ4v) is 4.91. The predicted molar refractivity (Wildman–Crippen MR) is 127 cm³/mol. The van der Waals surface area contributed by atoms with Crippen molar-refractivity contribution in [3.05, 3.63) is 80.1 Å². The number of hydrogen-bond donors (Lipinski definition) is 2. The minimum Gasteiger partial charge on any atom is -0.351 e. The lowest BCUT2D eigenvalue weighted by Gasteiger charge is -2.21. The van der Waals surface area contributed by atoms with Crippen LogP contribution in [0.25, 0.3) is 5.69 Å². The molecule has 1 aliphatic rings. The van der Waals surface area contributed by atoms with Crippen LogP contribution in [-0.4, -0.2) is 47.2 Å². The van der Waals surface area contributed by atoms with E-state index in [-0.39, 0.29) is 34.9 Å². The third-order valence-corrected chi connectivity index (χ3v) is 7.00. The normalized spacial score (nSPS) is 17.8. The molecule has 1 aromatic carbocycles. The minimum absolute atomic E-state index is 0.220. The summed E-state index contributed by atoms with van der Waals surface area (Å²) in [4.78, 5) is 38.0. The molecule has 190 valence electrons. The maximum absolute atomic E-state index is 14.6. The van der Waals surface area contributed by atoms with Gasteiger partial charge in [-0.1, -0.05) is 17.7 Å². The summed E-state index contributed by atoms with van der Waals surface area (Å²) in [6.07, 6.45) is -3.16. The molecule has 3 aromatic rings. The topological polar surface area (TPSA) is 83.4 Å². The molecule has 0 unspecified atom stereocenters. The van der Waals surface area contributed by atoms with Crippen molar-refractivity contribution in [3.8, 4) is 5.69 Å². The number of benzene rings is 1. The lowest BCUT2D eigenvalue weighted by Crippen LogP contribution is -2.37. The van der Waals surface area contributed by atoms with E-state index in [9.17, 15) is 31.9 Å². The number of likely N-dealkylation sites (tertiary alicyclic amines) is 1. The molecule has 36 heavy (non-hydrogen) atoms. The highest BCUT2D eigenvalue weighted by atomic mass is 35.5. The number of anilines is 1. The van der Waals surface area contributed by atoms with Crippen molar-refractivity contribution in [2.24, 2.45) is 11.8 Å². The maximum atomic E-state index is 14.6. The van der Waals surface area contributed by atoms with Gasteiger partial charge in [-0.25, -0.2) is 9.18 Å². The molecular formula is C23H19ClF4N4O3S. The number of carbonyl (C=O) groups is 2. The summed E-state index contributed by atoms with van der Waals surface area (Å²) in [6, 6.07) is 10.1. The van der Waals surface area contributed by atoms with Crippen molar-refractivity contribution < 1.29 is 27.2 Å². The number of nitrogens with one attached hydrogen (secondary N) is 2. The highest BCUT2D eigenvalue weighted by Crippen LogP contribution is 2.37. The smallest absolute Gasteiger partial charge is 0.351 e. The van der Waals surface area contributed by atoms with Crippen LogP contribution in [0.2, 0.25) is 4.34 Å². The molecule has 0 bridgehead atoms. The van der Waals surface area contributed by atoms with Crippen molar-refractivity contribution in [2.75, 3.05) is 25.0 Å². The lowest BCUT2D eigenvalue weighted by atomic mass is 9.95. The quantitative estimate of drug-likeness (QED) is 0.456. The number of alkyl halides is 3. The van der Waals surface area contributed by atoms with E-state index in [1.54, 1.807) is 6.07 Å². The molecule has 1 fully saturated rings. The monoisotopic (exact) mass is 542 g/mol. The standard InChI is InChI=1S/C23H19ClF4N4O3S/c24-19-7-6-18(36-19)21(34)29-10-13-11-31(12-15(13)23(26,27)28)22(35)30-17-5-4-14(9-16(17)25)32-8-2-1-3-20(32)33/h1-9,13,15H,10-12H2,(H,29,34)(H,30,35)/t13-,15-/m0/s1. The summed E-state index contributed by atoms with van der Waals surface area (Å²) in [5, 5.41) is 4.76. The Morgan fingerprint density at radius 2 is 1.89 bits per heavy atom. The van der Waals surface area contributed by atoms with Crippen molar-refractivity contribution in [1.82, 2.24) is 14.8 Å². The highest BCUT2D eigenvalue weighted by Gasteiger charge is 2.50. The van der Waals surface area contributed by atoms with E-state index >= 15 is 0 Å². The van der Waals surface area contributed by atoms with Gasteiger partial charge >= 0.3 is 12.2 Å². The van der Waals surface area contributed by atoms with E-state index < -0.39 is 42.3 Å². The number of halogens is 5. The lowest BCUT2D eigenvalue weighted by molar-refractivity contribution is -0.179. The Kier molecular flexibility index (Phi) is 7.36. The Balaban J connectivity index is 1.43. The van der Waals surface area contributed by atoms with Crippen molar-refractivity contribution in [2.45, 2.75) is 6.18 Å². The molecule has 1 saturated heterocycles. The number of amides is 3. The zero-order valence-corrected chi connectivity index (χ0v) is 20.0. The number of urea groups is 1. The number of hydrogen-bond acceptors (Lipinski definition) is 4. The summed E-state index contributed by atoms with van der Waals surface area (Å²) >= 11 is 6.79. The van der Waals surface area contributed by atoms with Gasteiger partial charge in [-0.3, -0.25) is 14.2 Å². The number of carbonyl (C=O) groups excluding carboxylic acids is 2. The van der Waals surface area contributed by atoms with Gasteiger partial charge in [-0.15, -0.1) is 11.3 Å². The molecule has 2 N–H and O–H groups in total. The molecule has 13 heteroatoms. The van der Waals surface area contributed by atoms with E-state index in [1.807, 2.05) is 0 Å². The van der Waals surface area contributed by atoms with Crippen molar-refractivity contribution >= 4 is 40.6 Å². The van der Waals surface area contributed by atoms with Crippen LogP contribution in [0.1, 0.15) is 9.67 Å². The molecule has 0 radical (unpaired) electrons. The van der Waals surface area contributed by atoms with Gasteiger partial charge in [0, 0.05) is 43.9 Å². The number of thiophene rings is 1. The first-order valence-electron chi connectivity index (χ1n) is 10.7. The second kappa shape index (κ2) is 10.3. The van der Waals surface area contributed by atoms with Gasteiger partial charge in [0.1, 0.15) is 5.82 Å². The van der Waals surface area contributed by atoms with Gasteiger partial charge in [-0.2, -0.15) is 13.2 Å². The fourth-order valence-electron chi connectivity index (χ4n) is 3.95. The second-order valence-electron chi connectivity index (χ2n) is 8.13. The van der Waals surface area contributed by atoms with Gasteiger partial charge in [0.25, 0.3) is 11.5 Å². The Morgan fingerprint density at radius 3 is 2.53 bits per heavy atom. The van der Waals surface area contributed by atoms with Crippen LogP contribution in [0, 0.1) is 17.7 Å². The van der Waals surface area contributed by atoms with Crippen molar-refractivity contribution in [3.63, 3.8) is 0 Å². The zero-order valence-electron chi connectivity index (χ0n) is 18.4. The van der Waals surface area contributed by atoms with Crippen LogP contribution >= 0.6 is 22.9 Å². The molecule has 4 rings (SSSR count). The first kappa shape index (κ1) is 25.7. The SMILES string of the molecule is O=C(NC[C@H]1CN(C(=O)Nc2ccc(-n3ccccc3=O)cc2F)C[C@@H]1C(F)(F)F)c1ccc(Cl)s1. The minimum atomic E-state index is -4.60. The van der Waals surface area contributed by atoms with Crippen LogP contribution in [0.15, 0.2) is 59.5 Å². The Labute approximate surface area is 211 Å². The van der Waals surface area contributed by atoms with E-state index in [2.05, 4.69) is 10.6 Å². The highest BCUT2D eigenvalue weighted by molar-refractivity contribution is 7.18. The summed E-state index contributed by atoms with van der Waals surface area (Å²) in [7, 11) is 0. The predicted octanol–water partition coefficient (Wildman–Crippen LogP) is 4.76. The molecule has 0 spiro atoms. The summed E-state index contributed by atoms with van der Waals surface area (Å²) < 4.78 is 57.2. The maximum Gasteiger partial charge on any atom is 0.393 e. The van der Waals surface area contributed by atoms with Crippen LogP contribution in [-0.2, 0) is 0 Å². The third kappa shape index (κ3) is 5.71. The van der Waals surface area contributed by atoms with Crippen LogP contribution in [0.3, 0.4) is 0 Å². The number of rotatable bonds is 5. The van der Waals surface area contributed by atoms with Gasteiger partial charge in [0.05, 0.1) is 26.5 Å². The fraction of sp³-hybridized carbons (Fsp3) is 0.261. The molecule has 3 amide bonds. The molecule has 7 nitrogen and oxygen atoms in total.